The summed E-state index contributed by atoms with van der Waals surface area (Å²) in [6.45, 7) is 4.97. The molecule has 5 rings (SSSR count). The number of nitrogens with zero attached hydrogens (tertiary/aromatic N) is 4. The Balaban J connectivity index is 1.66. The third-order valence-corrected chi connectivity index (χ3v) is 6.07. The van der Waals surface area contributed by atoms with E-state index >= 15 is 0 Å². The molecule has 0 atom stereocenters. The molecule has 1 saturated heterocycles. The van der Waals surface area contributed by atoms with Gasteiger partial charge in [-0.3, -0.25) is 9.89 Å². The molecule has 1 aromatic carbocycles. The zero-order chi connectivity index (χ0) is 19.8. The van der Waals surface area contributed by atoms with Gasteiger partial charge in [-0.15, -0.1) is 11.3 Å². The highest BCUT2D eigenvalue weighted by Gasteiger charge is 2.21. The van der Waals surface area contributed by atoms with Gasteiger partial charge in [0.1, 0.15) is 0 Å². The van der Waals surface area contributed by atoms with Crippen LogP contribution in [0.5, 0.6) is 0 Å². The molecule has 1 amide bonds. The summed E-state index contributed by atoms with van der Waals surface area (Å²) in [6, 6.07) is 8.03. The van der Waals surface area contributed by atoms with E-state index in [2.05, 4.69) is 20.4 Å². The fourth-order valence-corrected chi connectivity index (χ4v) is 4.59. The quantitative estimate of drug-likeness (QED) is 0.539. The summed E-state index contributed by atoms with van der Waals surface area (Å²) < 4.78 is 6.56. The van der Waals surface area contributed by atoms with E-state index in [0.29, 0.717) is 25.6 Å². The van der Waals surface area contributed by atoms with Crippen molar-refractivity contribution in [1.29, 1.82) is 0 Å². The van der Waals surface area contributed by atoms with E-state index < -0.39 is 0 Å². The van der Waals surface area contributed by atoms with Gasteiger partial charge in [0.25, 0.3) is 0 Å². The topological polar surface area (TPSA) is 96.0 Å². The van der Waals surface area contributed by atoms with Crippen molar-refractivity contribution in [1.82, 2.24) is 25.5 Å². The lowest BCUT2D eigenvalue weighted by atomic mass is 10.1. The lowest BCUT2D eigenvalue weighted by Crippen LogP contribution is -2.36. The van der Waals surface area contributed by atoms with Gasteiger partial charge in [-0.1, -0.05) is 12.1 Å². The molecule has 1 aliphatic heterocycles. The summed E-state index contributed by atoms with van der Waals surface area (Å²) in [5, 5.41) is 11.0. The summed E-state index contributed by atoms with van der Waals surface area (Å²) in [5.74, 6) is 1.55. The number of hydrogen-bond acceptors (Lipinski definition) is 7. The number of rotatable bonds is 4. The van der Waals surface area contributed by atoms with Crippen LogP contribution in [0.4, 0.5) is 5.82 Å². The molecule has 0 aliphatic carbocycles. The lowest BCUT2D eigenvalue weighted by molar-refractivity contribution is -0.119. The average molecular weight is 408 g/mol. The van der Waals surface area contributed by atoms with Crippen molar-refractivity contribution in [2.45, 2.75) is 13.5 Å². The van der Waals surface area contributed by atoms with Crippen molar-refractivity contribution in [3.63, 3.8) is 0 Å². The van der Waals surface area contributed by atoms with Crippen molar-refractivity contribution in [3.8, 4) is 11.4 Å². The summed E-state index contributed by atoms with van der Waals surface area (Å²) in [6.07, 6.45) is 1.81. The molecule has 29 heavy (non-hydrogen) atoms. The number of aromatic amines is 1. The first kappa shape index (κ1) is 18.0. The molecule has 1 fully saturated rings. The summed E-state index contributed by atoms with van der Waals surface area (Å²) in [5.41, 5.74) is 2.79. The number of carbonyl (C=O) groups is 1. The van der Waals surface area contributed by atoms with Crippen molar-refractivity contribution in [2.24, 2.45) is 0 Å². The van der Waals surface area contributed by atoms with Gasteiger partial charge in [-0.2, -0.15) is 5.10 Å². The van der Waals surface area contributed by atoms with E-state index in [1.54, 1.807) is 11.3 Å². The number of anilines is 1. The minimum atomic E-state index is -0.0470. The normalized spacial score (nSPS) is 14.6. The number of benzene rings is 1. The molecule has 0 unspecified atom stereocenters. The van der Waals surface area contributed by atoms with Crippen molar-refractivity contribution >= 4 is 44.2 Å². The second-order valence-corrected chi connectivity index (χ2v) is 8.08. The van der Waals surface area contributed by atoms with E-state index in [-0.39, 0.29) is 5.91 Å². The number of carbonyl (C=O) groups excluding carboxylic acids is 1. The van der Waals surface area contributed by atoms with Gasteiger partial charge in [0.15, 0.2) is 11.6 Å². The first-order valence-electron chi connectivity index (χ1n) is 9.49. The van der Waals surface area contributed by atoms with Crippen LogP contribution in [0.25, 0.3) is 32.5 Å². The second kappa shape index (κ2) is 7.41. The zero-order valence-electron chi connectivity index (χ0n) is 15.9. The van der Waals surface area contributed by atoms with E-state index in [9.17, 15) is 4.79 Å². The first-order valence-corrected chi connectivity index (χ1v) is 10.3. The number of ether oxygens (including phenoxy) is 1. The van der Waals surface area contributed by atoms with Crippen molar-refractivity contribution in [3.05, 3.63) is 35.3 Å². The van der Waals surface area contributed by atoms with Crippen LogP contribution in [-0.2, 0) is 16.1 Å². The maximum absolute atomic E-state index is 11.3. The van der Waals surface area contributed by atoms with Gasteiger partial charge in [0, 0.05) is 35.8 Å². The van der Waals surface area contributed by atoms with Gasteiger partial charge in [-0.25, -0.2) is 9.97 Å². The number of amides is 1. The fourth-order valence-electron chi connectivity index (χ4n) is 3.54. The summed E-state index contributed by atoms with van der Waals surface area (Å²) >= 11 is 1.63. The van der Waals surface area contributed by atoms with Gasteiger partial charge >= 0.3 is 0 Å². The zero-order valence-corrected chi connectivity index (χ0v) is 16.8. The smallest absolute Gasteiger partial charge is 0.217 e. The maximum Gasteiger partial charge on any atom is 0.217 e. The number of H-pyrrole nitrogens is 1. The Hall–Kier alpha value is -3.04. The monoisotopic (exact) mass is 408 g/mol. The van der Waals surface area contributed by atoms with Crippen LogP contribution >= 0.6 is 11.3 Å². The minimum absolute atomic E-state index is 0.0470. The van der Waals surface area contributed by atoms with E-state index in [1.807, 2.05) is 30.5 Å². The molecule has 1 aliphatic rings. The number of fused-ring (bicyclic) bond motifs is 2. The SMILES string of the molecule is CC(=O)NCc1cc2nc(-c3cccc4[nH]ncc34)nc(N3CCOCC3)c2s1. The van der Waals surface area contributed by atoms with Crippen molar-refractivity contribution in [2.75, 3.05) is 31.2 Å². The predicted molar refractivity (Wildman–Crippen MR) is 113 cm³/mol. The Morgan fingerprint density at radius 2 is 2.17 bits per heavy atom. The number of morpholine rings is 1. The Morgan fingerprint density at radius 3 is 3.00 bits per heavy atom. The molecule has 0 bridgehead atoms. The summed E-state index contributed by atoms with van der Waals surface area (Å²) in [4.78, 5) is 24.5. The Labute approximate surface area is 170 Å². The van der Waals surface area contributed by atoms with E-state index in [4.69, 9.17) is 14.7 Å². The molecule has 3 aromatic heterocycles. The van der Waals surface area contributed by atoms with Crippen LogP contribution in [0.1, 0.15) is 11.8 Å². The van der Waals surface area contributed by atoms with Gasteiger partial charge in [0.05, 0.1) is 41.7 Å². The Kier molecular flexibility index (Phi) is 4.61. The van der Waals surface area contributed by atoms with Crippen LogP contribution in [0, 0.1) is 0 Å². The molecule has 8 nitrogen and oxygen atoms in total. The molecular weight excluding hydrogens is 388 g/mol. The molecular formula is C20H20N6O2S. The number of hydrogen-bond donors (Lipinski definition) is 2. The van der Waals surface area contributed by atoms with Crippen LogP contribution < -0.4 is 10.2 Å². The van der Waals surface area contributed by atoms with Gasteiger partial charge in [-0.05, 0) is 12.1 Å². The minimum Gasteiger partial charge on any atom is -0.378 e. The molecule has 0 spiro atoms. The largest absolute Gasteiger partial charge is 0.378 e. The third-order valence-electron chi connectivity index (χ3n) is 4.95. The highest BCUT2D eigenvalue weighted by atomic mass is 32.1. The number of aromatic nitrogens is 4. The van der Waals surface area contributed by atoms with Crippen LogP contribution in [0.3, 0.4) is 0 Å². The molecule has 2 N–H and O–H groups in total. The molecule has 0 radical (unpaired) electrons. The number of nitrogens with one attached hydrogen (secondary N) is 2. The standard InChI is InChI=1S/C20H20N6O2S/c1-12(27)21-10-13-9-17-18(29-13)20(26-5-7-28-8-6-26)24-19(23-17)14-3-2-4-16-15(14)11-22-25-16/h2-4,9,11H,5-8,10H2,1H3,(H,21,27)(H,22,25). The lowest BCUT2D eigenvalue weighted by Gasteiger charge is -2.28. The fraction of sp³-hybridized carbons (Fsp3) is 0.300. The summed E-state index contributed by atoms with van der Waals surface area (Å²) in [7, 11) is 0. The van der Waals surface area contributed by atoms with E-state index in [1.165, 1.54) is 6.92 Å². The van der Waals surface area contributed by atoms with Crippen molar-refractivity contribution < 1.29 is 9.53 Å². The first-order chi connectivity index (χ1) is 14.2. The van der Waals surface area contributed by atoms with Crippen LogP contribution in [0.2, 0.25) is 0 Å². The molecule has 4 heterocycles. The maximum atomic E-state index is 11.3. The molecule has 0 saturated carbocycles. The highest BCUT2D eigenvalue weighted by Crippen LogP contribution is 2.35. The molecule has 4 aromatic rings. The molecule has 9 heteroatoms. The molecule has 148 valence electrons. The van der Waals surface area contributed by atoms with Crippen LogP contribution in [-0.4, -0.2) is 52.4 Å². The van der Waals surface area contributed by atoms with Gasteiger partial charge < -0.3 is 15.0 Å². The second-order valence-electron chi connectivity index (χ2n) is 6.94. The Bertz CT molecular complexity index is 1190. The predicted octanol–water partition coefficient (Wildman–Crippen LogP) is 2.71. The number of thiophene rings is 1. The van der Waals surface area contributed by atoms with Gasteiger partial charge in [0.2, 0.25) is 5.91 Å². The highest BCUT2D eigenvalue weighted by molar-refractivity contribution is 7.19. The average Bonchev–Trinajstić information content (AvgIpc) is 3.38. The third kappa shape index (κ3) is 3.43. The Morgan fingerprint density at radius 1 is 1.31 bits per heavy atom. The van der Waals surface area contributed by atoms with Crippen LogP contribution in [0.15, 0.2) is 30.5 Å². The van der Waals surface area contributed by atoms with E-state index in [0.717, 1.165) is 50.5 Å².